The number of nitrogens with one attached hydrogen (secondary N) is 2. The van der Waals surface area contributed by atoms with Gasteiger partial charge < -0.3 is 15.7 Å². The number of carbonyl (C=O) groups excluding carboxylic acids is 1. The van der Waals surface area contributed by atoms with E-state index in [0.717, 1.165) is 9.88 Å². The zero-order valence-corrected chi connectivity index (χ0v) is 11.2. The Bertz CT molecular complexity index is 419. The summed E-state index contributed by atoms with van der Waals surface area (Å²) in [6.07, 6.45) is 2.20. The Morgan fingerprint density at radius 3 is 2.83 bits per heavy atom. The second kappa shape index (κ2) is 6.95. The molecular formula is C11H17N3O3S. The van der Waals surface area contributed by atoms with Crippen molar-refractivity contribution in [3.8, 4) is 0 Å². The van der Waals surface area contributed by atoms with Gasteiger partial charge in [-0.3, -0.25) is 4.79 Å². The first-order chi connectivity index (χ1) is 8.47. The number of carbonyl (C=O) groups is 2. The van der Waals surface area contributed by atoms with Gasteiger partial charge in [-0.15, -0.1) is 11.3 Å². The third-order valence-corrected chi connectivity index (χ3v) is 3.17. The summed E-state index contributed by atoms with van der Waals surface area (Å²) in [5.41, 5.74) is 0. The summed E-state index contributed by atoms with van der Waals surface area (Å²) in [6, 6.07) is -0.455. The van der Waals surface area contributed by atoms with Crippen LogP contribution >= 0.6 is 11.3 Å². The second-order valence-electron chi connectivity index (χ2n) is 4.01. The minimum Gasteiger partial charge on any atom is -0.481 e. The zero-order chi connectivity index (χ0) is 13.5. The Kier molecular flexibility index (Phi) is 5.57. The van der Waals surface area contributed by atoms with Crippen LogP contribution in [-0.4, -0.2) is 28.1 Å². The van der Waals surface area contributed by atoms with Gasteiger partial charge in [-0.2, -0.15) is 0 Å². The Hall–Kier alpha value is -1.63. The molecule has 0 fully saturated rings. The predicted molar refractivity (Wildman–Crippen MR) is 68.6 cm³/mol. The lowest BCUT2D eigenvalue weighted by Gasteiger charge is -2.13. The van der Waals surface area contributed by atoms with Gasteiger partial charge in [0, 0.05) is 23.5 Å². The molecule has 0 aliphatic rings. The van der Waals surface area contributed by atoms with Crippen LogP contribution in [0.5, 0.6) is 0 Å². The maximum Gasteiger partial charge on any atom is 0.315 e. The normalized spacial score (nSPS) is 11.9. The third kappa shape index (κ3) is 5.62. The number of nitrogens with zero attached hydrogens (tertiary/aromatic N) is 1. The van der Waals surface area contributed by atoms with Gasteiger partial charge >= 0.3 is 12.0 Å². The monoisotopic (exact) mass is 271 g/mol. The van der Waals surface area contributed by atoms with E-state index in [4.69, 9.17) is 5.11 Å². The van der Waals surface area contributed by atoms with Gasteiger partial charge in [0.25, 0.3) is 0 Å². The highest BCUT2D eigenvalue weighted by atomic mass is 32.1. The van der Waals surface area contributed by atoms with E-state index in [-0.39, 0.29) is 18.5 Å². The third-order valence-electron chi connectivity index (χ3n) is 2.26. The molecule has 1 atom stereocenters. The van der Waals surface area contributed by atoms with Crippen molar-refractivity contribution < 1.29 is 14.7 Å². The van der Waals surface area contributed by atoms with E-state index in [2.05, 4.69) is 15.6 Å². The number of urea groups is 1. The van der Waals surface area contributed by atoms with Crippen LogP contribution in [0.3, 0.4) is 0 Å². The summed E-state index contributed by atoms with van der Waals surface area (Å²) < 4.78 is 0. The van der Waals surface area contributed by atoms with Crippen LogP contribution in [0, 0.1) is 6.92 Å². The molecule has 1 heterocycles. The van der Waals surface area contributed by atoms with Gasteiger partial charge in [-0.1, -0.05) is 0 Å². The molecule has 0 aliphatic heterocycles. The SMILES string of the molecule is Cc1ncc(CNC(=O)NC(C)CCC(=O)O)s1. The Morgan fingerprint density at radius 2 is 2.28 bits per heavy atom. The molecule has 0 radical (unpaired) electrons. The maximum absolute atomic E-state index is 11.5. The molecule has 0 bridgehead atoms. The van der Waals surface area contributed by atoms with Crippen molar-refractivity contribution in [2.24, 2.45) is 0 Å². The summed E-state index contributed by atoms with van der Waals surface area (Å²) >= 11 is 1.53. The molecule has 3 N–H and O–H groups in total. The van der Waals surface area contributed by atoms with Crippen molar-refractivity contribution in [2.75, 3.05) is 0 Å². The summed E-state index contributed by atoms with van der Waals surface area (Å²) in [5.74, 6) is -0.857. The summed E-state index contributed by atoms with van der Waals surface area (Å²) in [7, 11) is 0. The van der Waals surface area contributed by atoms with Gasteiger partial charge in [-0.05, 0) is 20.3 Å². The lowest BCUT2D eigenvalue weighted by molar-refractivity contribution is -0.137. The standard InChI is InChI=1S/C11H17N3O3S/c1-7(3-4-10(15)16)14-11(17)13-6-9-5-12-8(2)18-9/h5,7H,3-4,6H2,1-2H3,(H,15,16)(H2,13,14,17). The average Bonchev–Trinajstić information content (AvgIpc) is 2.70. The fourth-order valence-electron chi connectivity index (χ4n) is 1.34. The number of aliphatic carboxylic acids is 1. The van der Waals surface area contributed by atoms with Crippen molar-refractivity contribution in [1.29, 1.82) is 0 Å². The largest absolute Gasteiger partial charge is 0.481 e. The predicted octanol–water partition coefficient (Wildman–Crippen LogP) is 1.50. The summed E-state index contributed by atoms with van der Waals surface area (Å²) in [6.45, 7) is 4.12. The van der Waals surface area contributed by atoms with Gasteiger partial charge in [0.15, 0.2) is 0 Å². The number of amides is 2. The molecule has 1 aromatic heterocycles. The molecule has 0 spiro atoms. The first kappa shape index (κ1) is 14.4. The van der Waals surface area contributed by atoms with Crippen LogP contribution < -0.4 is 10.6 Å². The molecule has 6 nitrogen and oxygen atoms in total. The first-order valence-corrected chi connectivity index (χ1v) is 6.46. The van der Waals surface area contributed by atoms with Crippen LogP contribution in [0.25, 0.3) is 0 Å². The van der Waals surface area contributed by atoms with Crippen LogP contribution in [-0.2, 0) is 11.3 Å². The topological polar surface area (TPSA) is 91.3 Å². The van der Waals surface area contributed by atoms with Gasteiger partial charge in [0.05, 0.1) is 11.6 Å². The van der Waals surface area contributed by atoms with E-state index in [1.807, 2.05) is 6.92 Å². The van der Waals surface area contributed by atoms with Crippen molar-refractivity contribution in [3.63, 3.8) is 0 Å². The van der Waals surface area contributed by atoms with Gasteiger partial charge in [0.1, 0.15) is 0 Å². The molecule has 2 amide bonds. The van der Waals surface area contributed by atoms with E-state index in [1.54, 1.807) is 13.1 Å². The number of hydrogen-bond donors (Lipinski definition) is 3. The highest BCUT2D eigenvalue weighted by Gasteiger charge is 2.09. The van der Waals surface area contributed by atoms with E-state index in [0.29, 0.717) is 13.0 Å². The Morgan fingerprint density at radius 1 is 1.56 bits per heavy atom. The number of rotatable bonds is 6. The van der Waals surface area contributed by atoms with Crippen LogP contribution in [0.2, 0.25) is 0 Å². The minimum atomic E-state index is -0.857. The highest BCUT2D eigenvalue weighted by Crippen LogP contribution is 2.10. The fraction of sp³-hybridized carbons (Fsp3) is 0.545. The lowest BCUT2D eigenvalue weighted by Crippen LogP contribution is -2.40. The number of thiazole rings is 1. The molecule has 7 heteroatoms. The highest BCUT2D eigenvalue weighted by molar-refractivity contribution is 7.11. The van der Waals surface area contributed by atoms with E-state index in [1.165, 1.54) is 11.3 Å². The number of carboxylic acid groups (broad SMARTS) is 1. The molecule has 0 aromatic carbocycles. The zero-order valence-electron chi connectivity index (χ0n) is 10.4. The lowest BCUT2D eigenvalue weighted by atomic mass is 10.2. The Balaban J connectivity index is 2.22. The molecule has 0 saturated heterocycles. The summed E-state index contributed by atoms with van der Waals surface area (Å²) in [5, 5.41) is 14.9. The van der Waals surface area contributed by atoms with Gasteiger partial charge in [-0.25, -0.2) is 9.78 Å². The molecule has 0 aliphatic carbocycles. The van der Waals surface area contributed by atoms with Crippen LogP contribution in [0.15, 0.2) is 6.20 Å². The van der Waals surface area contributed by atoms with Crippen molar-refractivity contribution in [3.05, 3.63) is 16.1 Å². The van der Waals surface area contributed by atoms with E-state index in [9.17, 15) is 9.59 Å². The molecule has 1 aromatic rings. The maximum atomic E-state index is 11.5. The smallest absolute Gasteiger partial charge is 0.315 e. The number of aromatic nitrogens is 1. The van der Waals surface area contributed by atoms with Crippen molar-refractivity contribution in [1.82, 2.24) is 15.6 Å². The van der Waals surface area contributed by atoms with E-state index < -0.39 is 5.97 Å². The second-order valence-corrected chi connectivity index (χ2v) is 5.33. The first-order valence-electron chi connectivity index (χ1n) is 5.65. The molecule has 18 heavy (non-hydrogen) atoms. The quantitative estimate of drug-likeness (QED) is 0.731. The van der Waals surface area contributed by atoms with Crippen LogP contribution in [0.4, 0.5) is 4.79 Å². The number of hydrogen-bond acceptors (Lipinski definition) is 4. The van der Waals surface area contributed by atoms with Crippen molar-refractivity contribution in [2.45, 2.75) is 39.3 Å². The molecular weight excluding hydrogens is 254 g/mol. The van der Waals surface area contributed by atoms with Gasteiger partial charge in [0.2, 0.25) is 0 Å². The average molecular weight is 271 g/mol. The minimum absolute atomic E-state index is 0.0511. The summed E-state index contributed by atoms with van der Waals surface area (Å²) in [4.78, 5) is 26.9. The molecule has 1 rings (SSSR count). The van der Waals surface area contributed by atoms with Crippen molar-refractivity contribution >= 4 is 23.3 Å². The fourth-order valence-corrected chi connectivity index (χ4v) is 2.08. The Labute approximate surface area is 109 Å². The number of carboxylic acids is 1. The number of aryl methyl sites for hydroxylation is 1. The molecule has 0 saturated carbocycles. The molecule has 100 valence electrons. The van der Waals surface area contributed by atoms with Crippen LogP contribution in [0.1, 0.15) is 29.7 Å². The molecule has 1 unspecified atom stereocenters. The van der Waals surface area contributed by atoms with E-state index >= 15 is 0 Å².